The van der Waals surface area contributed by atoms with Crippen molar-refractivity contribution in [1.82, 2.24) is 0 Å². The monoisotopic (exact) mass is 837 g/mol. The van der Waals surface area contributed by atoms with Crippen molar-refractivity contribution in [2.75, 3.05) is 13.2 Å². The largest absolute Gasteiger partial charge is 0.462 e. The van der Waals surface area contributed by atoms with E-state index in [9.17, 15) is 14.4 Å². The predicted molar refractivity (Wildman–Crippen MR) is 256 cm³/mol. The van der Waals surface area contributed by atoms with E-state index in [0.29, 0.717) is 19.3 Å². The van der Waals surface area contributed by atoms with Gasteiger partial charge in [0.25, 0.3) is 0 Å². The van der Waals surface area contributed by atoms with Crippen molar-refractivity contribution in [2.45, 2.75) is 239 Å². The van der Waals surface area contributed by atoms with Gasteiger partial charge in [-0.05, 0) is 103 Å². The minimum absolute atomic E-state index is 0.0935. The molecule has 0 bridgehead atoms. The van der Waals surface area contributed by atoms with Crippen LogP contribution in [0.1, 0.15) is 233 Å². The fourth-order valence-corrected chi connectivity index (χ4v) is 6.56. The van der Waals surface area contributed by atoms with E-state index in [2.05, 4.69) is 93.7 Å². The second-order valence-corrected chi connectivity index (χ2v) is 16.4. The fourth-order valence-electron chi connectivity index (χ4n) is 6.56. The molecule has 1 atom stereocenters. The van der Waals surface area contributed by atoms with Gasteiger partial charge in [0, 0.05) is 19.3 Å². The van der Waals surface area contributed by atoms with Crippen LogP contribution in [0, 0.1) is 0 Å². The Bertz CT molecular complexity index is 1140. The van der Waals surface area contributed by atoms with Gasteiger partial charge in [-0.15, -0.1) is 0 Å². The van der Waals surface area contributed by atoms with Gasteiger partial charge in [-0.2, -0.15) is 0 Å². The normalized spacial score (nSPS) is 12.7. The van der Waals surface area contributed by atoms with E-state index >= 15 is 0 Å². The molecule has 0 unspecified atom stereocenters. The number of hydrogen-bond acceptors (Lipinski definition) is 6. The van der Waals surface area contributed by atoms with Crippen LogP contribution < -0.4 is 0 Å². The second-order valence-electron chi connectivity index (χ2n) is 16.4. The van der Waals surface area contributed by atoms with Gasteiger partial charge in [-0.25, -0.2) is 0 Å². The number of rotatable bonds is 44. The van der Waals surface area contributed by atoms with E-state index in [1.165, 1.54) is 77.0 Å². The average Bonchev–Trinajstić information content (AvgIpc) is 3.24. The summed E-state index contributed by atoms with van der Waals surface area (Å²) in [7, 11) is 0. The van der Waals surface area contributed by atoms with Crippen LogP contribution in [-0.2, 0) is 28.6 Å². The zero-order valence-corrected chi connectivity index (χ0v) is 39.2. The SMILES string of the molecule is CCCC/C=C\C/C=C\CCCCCCCC(=O)O[C@@H](COC(=O)CCCCCC/C=C\C/C=C\C/C=C\CCCCC)COC(=O)CCCCCCC/C=C\CCCC. The van der Waals surface area contributed by atoms with Gasteiger partial charge >= 0.3 is 17.9 Å². The van der Waals surface area contributed by atoms with Crippen LogP contribution in [0.2, 0.25) is 0 Å². The summed E-state index contributed by atoms with van der Waals surface area (Å²) in [6.45, 7) is 6.48. The van der Waals surface area contributed by atoms with Gasteiger partial charge in [0.2, 0.25) is 0 Å². The van der Waals surface area contributed by atoms with Gasteiger partial charge < -0.3 is 14.2 Å². The fraction of sp³-hybridized carbons (Fsp3) is 0.722. The summed E-state index contributed by atoms with van der Waals surface area (Å²) in [5.74, 6) is -0.941. The molecule has 0 fully saturated rings. The highest BCUT2D eigenvalue weighted by Crippen LogP contribution is 2.13. The summed E-state index contributed by atoms with van der Waals surface area (Å²) < 4.78 is 16.7. The third kappa shape index (κ3) is 45.9. The van der Waals surface area contributed by atoms with Crippen molar-refractivity contribution < 1.29 is 28.6 Å². The van der Waals surface area contributed by atoms with E-state index in [-0.39, 0.29) is 31.1 Å². The first-order valence-corrected chi connectivity index (χ1v) is 24.9. The Morgan fingerprint density at radius 1 is 0.333 bits per heavy atom. The molecule has 344 valence electrons. The lowest BCUT2D eigenvalue weighted by Crippen LogP contribution is -2.30. The van der Waals surface area contributed by atoms with E-state index in [4.69, 9.17) is 14.2 Å². The Labute approximate surface area is 370 Å². The van der Waals surface area contributed by atoms with E-state index in [1.54, 1.807) is 0 Å². The van der Waals surface area contributed by atoms with Crippen LogP contribution in [0.25, 0.3) is 0 Å². The maximum Gasteiger partial charge on any atom is 0.306 e. The molecular formula is C54H92O6. The number of carbonyl (C=O) groups excluding carboxylic acids is 3. The van der Waals surface area contributed by atoms with Gasteiger partial charge in [0.1, 0.15) is 13.2 Å². The van der Waals surface area contributed by atoms with Crippen molar-refractivity contribution >= 4 is 17.9 Å². The summed E-state index contributed by atoms with van der Waals surface area (Å²) in [5.41, 5.74) is 0. The molecule has 0 N–H and O–H groups in total. The molecule has 0 aromatic rings. The Morgan fingerprint density at radius 3 is 1.00 bits per heavy atom. The number of unbranched alkanes of at least 4 members (excludes halogenated alkanes) is 21. The molecule has 0 saturated carbocycles. The van der Waals surface area contributed by atoms with Crippen LogP contribution in [0.3, 0.4) is 0 Å². The van der Waals surface area contributed by atoms with Crippen molar-refractivity contribution in [3.05, 3.63) is 72.9 Å². The zero-order valence-electron chi connectivity index (χ0n) is 39.2. The van der Waals surface area contributed by atoms with Gasteiger partial charge in [0.05, 0.1) is 0 Å². The molecule has 0 aliphatic heterocycles. The first-order chi connectivity index (χ1) is 29.5. The smallest absolute Gasteiger partial charge is 0.306 e. The van der Waals surface area contributed by atoms with Crippen molar-refractivity contribution in [3.63, 3.8) is 0 Å². The molecule has 6 heteroatoms. The van der Waals surface area contributed by atoms with E-state index < -0.39 is 6.10 Å². The number of esters is 3. The molecule has 0 heterocycles. The number of allylic oxidation sites excluding steroid dienone is 12. The third-order valence-corrected chi connectivity index (χ3v) is 10.4. The first kappa shape index (κ1) is 56.9. The molecule has 6 nitrogen and oxygen atoms in total. The van der Waals surface area contributed by atoms with Gasteiger partial charge in [-0.3, -0.25) is 14.4 Å². The van der Waals surface area contributed by atoms with Crippen molar-refractivity contribution in [3.8, 4) is 0 Å². The molecule has 0 aliphatic carbocycles. The molecule has 0 aromatic carbocycles. The number of hydrogen-bond donors (Lipinski definition) is 0. The summed E-state index contributed by atoms with van der Waals surface area (Å²) in [6, 6.07) is 0. The lowest BCUT2D eigenvalue weighted by molar-refractivity contribution is -0.167. The van der Waals surface area contributed by atoms with Crippen molar-refractivity contribution in [1.29, 1.82) is 0 Å². The topological polar surface area (TPSA) is 78.9 Å². The van der Waals surface area contributed by atoms with Gasteiger partial charge in [0.15, 0.2) is 6.10 Å². The second kappa shape index (κ2) is 48.5. The minimum atomic E-state index is -0.794. The lowest BCUT2D eigenvalue weighted by atomic mass is 10.1. The molecule has 0 aliphatic rings. The van der Waals surface area contributed by atoms with Crippen LogP contribution in [-0.4, -0.2) is 37.2 Å². The summed E-state index contributed by atoms with van der Waals surface area (Å²) in [5, 5.41) is 0. The van der Waals surface area contributed by atoms with Crippen LogP contribution in [0.15, 0.2) is 72.9 Å². The third-order valence-electron chi connectivity index (χ3n) is 10.4. The molecule has 60 heavy (non-hydrogen) atoms. The summed E-state index contributed by atoms with van der Waals surface area (Å²) in [6.07, 6.45) is 60.2. The highest BCUT2D eigenvalue weighted by molar-refractivity contribution is 5.71. The highest BCUT2D eigenvalue weighted by Gasteiger charge is 2.19. The Kier molecular flexibility index (Phi) is 46.0. The summed E-state index contributed by atoms with van der Waals surface area (Å²) >= 11 is 0. The molecule has 0 saturated heterocycles. The number of ether oxygens (including phenoxy) is 3. The maximum absolute atomic E-state index is 12.8. The quantitative estimate of drug-likeness (QED) is 0.0263. The molecule has 0 radical (unpaired) electrons. The predicted octanol–water partition coefficient (Wildman–Crippen LogP) is 16.3. The van der Waals surface area contributed by atoms with Crippen LogP contribution in [0.5, 0.6) is 0 Å². The molecule has 0 aromatic heterocycles. The molecular weight excluding hydrogens is 745 g/mol. The standard InChI is InChI=1S/C54H92O6/c1-4-7-10-13-16-19-22-24-26-27-28-30-32-35-38-41-44-47-53(56)59-50-51(49-58-52(55)46-43-40-37-34-31-21-18-15-12-9-6-3)60-54(57)48-45-42-39-36-33-29-25-23-20-17-14-11-8-5-2/h14-19,23-26,28,30,51H,4-13,20-22,27,29,31-50H2,1-3H3/b17-14-,18-15-,19-16-,25-23-,26-24-,30-28-/t51-/m1/s1. The van der Waals surface area contributed by atoms with Crippen molar-refractivity contribution in [2.24, 2.45) is 0 Å². The lowest BCUT2D eigenvalue weighted by Gasteiger charge is -2.18. The van der Waals surface area contributed by atoms with Gasteiger partial charge in [-0.1, -0.05) is 184 Å². The Balaban J connectivity index is 4.44. The minimum Gasteiger partial charge on any atom is -0.462 e. The molecule has 0 amide bonds. The zero-order chi connectivity index (χ0) is 43.7. The molecule has 0 spiro atoms. The Morgan fingerprint density at radius 2 is 0.617 bits per heavy atom. The van der Waals surface area contributed by atoms with Crippen LogP contribution in [0.4, 0.5) is 0 Å². The van der Waals surface area contributed by atoms with Crippen LogP contribution >= 0.6 is 0 Å². The average molecular weight is 837 g/mol. The van der Waals surface area contributed by atoms with E-state index in [1.807, 2.05) is 0 Å². The maximum atomic E-state index is 12.8. The summed E-state index contributed by atoms with van der Waals surface area (Å²) in [4.78, 5) is 37.9. The number of carbonyl (C=O) groups is 3. The highest BCUT2D eigenvalue weighted by atomic mass is 16.6. The molecule has 0 rings (SSSR count). The first-order valence-electron chi connectivity index (χ1n) is 24.9. The Hall–Kier alpha value is -3.15. The van der Waals surface area contributed by atoms with E-state index in [0.717, 1.165) is 116 Å².